The zero-order chi connectivity index (χ0) is 9.26. The van der Waals surface area contributed by atoms with Gasteiger partial charge in [0.25, 0.3) is 0 Å². The van der Waals surface area contributed by atoms with Gasteiger partial charge in [-0.05, 0) is 27.8 Å². The highest BCUT2D eigenvalue weighted by Gasteiger charge is 2.19. The van der Waals surface area contributed by atoms with Crippen molar-refractivity contribution < 1.29 is 4.21 Å². The van der Waals surface area contributed by atoms with E-state index in [4.69, 9.17) is 0 Å². The third kappa shape index (κ3) is 1.51. The van der Waals surface area contributed by atoms with Gasteiger partial charge in [-0.15, -0.1) is 11.8 Å². The van der Waals surface area contributed by atoms with Crippen LogP contribution in [-0.4, -0.2) is 14.8 Å². The summed E-state index contributed by atoms with van der Waals surface area (Å²) in [7, 11) is 0.261. The van der Waals surface area contributed by atoms with Gasteiger partial charge in [0, 0.05) is 4.90 Å². The Balaban J connectivity index is 2.64. The van der Waals surface area contributed by atoms with Crippen molar-refractivity contribution in [3.8, 4) is 0 Å². The van der Waals surface area contributed by atoms with Crippen molar-refractivity contribution in [3.05, 3.63) is 24.3 Å². The van der Waals surface area contributed by atoms with Crippen LogP contribution in [0, 0.1) is 0 Å². The van der Waals surface area contributed by atoms with E-state index < -0.39 is 0 Å². The van der Waals surface area contributed by atoms with E-state index in [1.807, 2.05) is 30.5 Å². The van der Waals surface area contributed by atoms with E-state index in [2.05, 4.69) is 4.99 Å². The second-order valence-electron chi connectivity index (χ2n) is 2.39. The molecule has 13 heavy (non-hydrogen) atoms. The molecule has 2 rings (SSSR count). The van der Waals surface area contributed by atoms with Gasteiger partial charge < -0.3 is 0 Å². The Morgan fingerprint density at radius 2 is 2.15 bits per heavy atom. The number of rotatable bonds is 0. The van der Waals surface area contributed by atoms with E-state index >= 15 is 0 Å². The van der Waals surface area contributed by atoms with Crippen LogP contribution in [0.1, 0.15) is 0 Å². The minimum atomic E-state index is -0.373. The first-order valence-electron chi connectivity index (χ1n) is 3.63. The van der Waals surface area contributed by atoms with Crippen molar-refractivity contribution in [1.29, 1.82) is 0 Å². The number of thioether (sulfide) groups is 1. The van der Waals surface area contributed by atoms with Crippen molar-refractivity contribution in [1.82, 2.24) is 0 Å². The lowest BCUT2D eigenvalue weighted by molar-refractivity contribution is 0.701. The molecule has 68 valence electrons. The molecule has 1 heterocycles. The maximum atomic E-state index is 10.9. The first-order chi connectivity index (χ1) is 6.36. The second-order valence-corrected chi connectivity index (χ2v) is 6.35. The number of hydrogen-bond donors (Lipinski definition) is 0. The second kappa shape index (κ2) is 3.77. The summed E-state index contributed by atoms with van der Waals surface area (Å²) in [6.07, 6.45) is 1.96. The molecule has 1 unspecified atom stereocenters. The molecule has 0 radical (unpaired) electrons. The van der Waals surface area contributed by atoms with Crippen molar-refractivity contribution in [2.75, 3.05) is 6.26 Å². The first kappa shape index (κ1) is 9.18. The molecule has 1 aliphatic heterocycles. The highest BCUT2D eigenvalue weighted by molar-refractivity contribution is 8.51. The average molecular weight is 229 g/mol. The van der Waals surface area contributed by atoms with Crippen molar-refractivity contribution >= 4 is 41.5 Å². The lowest BCUT2D eigenvalue weighted by Gasteiger charge is -1.96. The first-order valence-corrected chi connectivity index (χ1v) is 7.34. The zero-order valence-corrected chi connectivity index (χ0v) is 9.34. The summed E-state index contributed by atoms with van der Waals surface area (Å²) in [6.45, 7) is 0. The van der Waals surface area contributed by atoms with Gasteiger partial charge in [0.1, 0.15) is 14.6 Å². The van der Waals surface area contributed by atoms with Crippen molar-refractivity contribution in [2.45, 2.75) is 4.90 Å². The van der Waals surface area contributed by atoms with Gasteiger partial charge >= 0.3 is 0 Å². The SMILES string of the molecule is CSC1=Nc2ccccc2S1=S=O. The Labute approximate surface area is 86.1 Å². The number of hydrogen-bond acceptors (Lipinski definition) is 3. The zero-order valence-electron chi connectivity index (χ0n) is 6.89. The normalized spacial score (nSPS) is 19.5. The summed E-state index contributed by atoms with van der Waals surface area (Å²) >= 11 is 1.56. The number of aliphatic imine (C=N–C) groups is 1. The van der Waals surface area contributed by atoms with E-state index in [9.17, 15) is 4.21 Å². The molecule has 0 fully saturated rings. The summed E-state index contributed by atoms with van der Waals surface area (Å²) in [5.41, 5.74) is 0.957. The Kier molecular flexibility index (Phi) is 2.66. The summed E-state index contributed by atoms with van der Waals surface area (Å²) in [4.78, 5) is 5.47. The lowest BCUT2D eigenvalue weighted by Crippen LogP contribution is -1.95. The molecule has 0 saturated heterocycles. The van der Waals surface area contributed by atoms with Crippen LogP contribution >= 0.6 is 11.8 Å². The molecular formula is C8H7NOS3. The summed E-state index contributed by atoms with van der Waals surface area (Å²) in [5, 5.41) is 0. The molecule has 2 nitrogen and oxygen atoms in total. The van der Waals surface area contributed by atoms with Crippen LogP contribution in [0.4, 0.5) is 5.69 Å². The van der Waals surface area contributed by atoms with Crippen LogP contribution in [0.2, 0.25) is 0 Å². The third-order valence-corrected chi connectivity index (χ3v) is 6.14. The van der Waals surface area contributed by atoms with Gasteiger partial charge in [0.15, 0.2) is 0 Å². The van der Waals surface area contributed by atoms with Gasteiger partial charge in [0.05, 0.1) is 5.69 Å². The molecule has 0 aromatic heterocycles. The van der Waals surface area contributed by atoms with Gasteiger partial charge in [-0.1, -0.05) is 12.1 Å². The van der Waals surface area contributed by atoms with Crippen LogP contribution in [0.3, 0.4) is 0 Å². The van der Waals surface area contributed by atoms with Gasteiger partial charge in [-0.25, -0.2) is 9.20 Å². The Hall–Kier alpha value is -0.390. The fourth-order valence-electron chi connectivity index (χ4n) is 1.13. The van der Waals surface area contributed by atoms with Crippen LogP contribution in [-0.2, 0) is 19.7 Å². The average Bonchev–Trinajstić information content (AvgIpc) is 2.55. The molecular weight excluding hydrogens is 222 g/mol. The molecule has 0 saturated carbocycles. The largest absolute Gasteiger partial charge is 0.233 e. The predicted molar refractivity (Wildman–Crippen MR) is 60.8 cm³/mol. The summed E-state index contributed by atoms with van der Waals surface area (Å²) in [5.74, 6) is 0. The molecule has 0 N–H and O–H groups in total. The third-order valence-electron chi connectivity index (χ3n) is 1.68. The molecule has 0 amide bonds. The smallest absolute Gasteiger partial charge is 0.141 e. The topological polar surface area (TPSA) is 29.4 Å². The highest BCUT2D eigenvalue weighted by Crippen LogP contribution is 2.33. The molecule has 1 aromatic carbocycles. The van der Waals surface area contributed by atoms with E-state index in [1.165, 1.54) is 0 Å². The fourth-order valence-corrected chi connectivity index (χ4v) is 4.99. The summed E-state index contributed by atoms with van der Waals surface area (Å²) in [6, 6.07) is 7.83. The van der Waals surface area contributed by atoms with E-state index in [0.29, 0.717) is 10.2 Å². The van der Waals surface area contributed by atoms with Gasteiger partial charge in [-0.2, -0.15) is 0 Å². The maximum absolute atomic E-state index is 10.9. The van der Waals surface area contributed by atoms with Gasteiger partial charge in [0.2, 0.25) is 0 Å². The molecule has 1 aliphatic rings. The van der Waals surface area contributed by atoms with E-state index in [1.54, 1.807) is 11.8 Å². The summed E-state index contributed by atoms with van der Waals surface area (Å²) < 4.78 is 11.8. The molecule has 0 spiro atoms. The maximum Gasteiger partial charge on any atom is 0.141 e. The van der Waals surface area contributed by atoms with E-state index in [0.717, 1.165) is 15.0 Å². The monoisotopic (exact) mass is 229 g/mol. The number of fused-ring (bicyclic) bond motifs is 1. The fraction of sp³-hybridized carbons (Fsp3) is 0.125. The van der Waals surface area contributed by atoms with Gasteiger partial charge in [-0.3, -0.25) is 0 Å². The molecule has 0 bridgehead atoms. The molecule has 1 aromatic rings. The highest BCUT2D eigenvalue weighted by atomic mass is 32.8. The molecule has 5 heteroatoms. The lowest BCUT2D eigenvalue weighted by atomic mass is 10.3. The van der Waals surface area contributed by atoms with Crippen LogP contribution in [0.25, 0.3) is 0 Å². The number of para-hydroxylation sites is 1. The number of nitrogens with zero attached hydrogens (tertiary/aromatic N) is 1. The standard InChI is InChI=1S/C8H7NOS3/c1-11-8-9-6-4-2-3-5-7(6)13(8)12-10/h2-5H,1H3. The Morgan fingerprint density at radius 3 is 2.85 bits per heavy atom. The predicted octanol–water partition coefficient (Wildman–Crippen LogP) is 2.16. The number of benzene rings is 1. The van der Waals surface area contributed by atoms with Crippen LogP contribution < -0.4 is 0 Å². The Morgan fingerprint density at radius 1 is 1.38 bits per heavy atom. The quantitative estimate of drug-likeness (QED) is 0.638. The minimum absolute atomic E-state index is 0.373. The van der Waals surface area contributed by atoms with E-state index in [-0.39, 0.29) is 9.45 Å². The van der Waals surface area contributed by atoms with Crippen molar-refractivity contribution in [3.63, 3.8) is 0 Å². The minimum Gasteiger partial charge on any atom is -0.233 e. The molecule has 0 aliphatic carbocycles. The van der Waals surface area contributed by atoms with Crippen LogP contribution in [0.5, 0.6) is 0 Å². The van der Waals surface area contributed by atoms with Crippen LogP contribution in [0.15, 0.2) is 34.2 Å². The van der Waals surface area contributed by atoms with Crippen molar-refractivity contribution in [2.24, 2.45) is 4.99 Å². The Bertz CT molecular complexity index is 435. The molecule has 1 atom stereocenters.